The molecule has 1 aliphatic rings. The van der Waals surface area contributed by atoms with Crippen molar-refractivity contribution in [2.24, 2.45) is 7.05 Å². The van der Waals surface area contributed by atoms with Gasteiger partial charge in [-0.1, -0.05) is 18.5 Å². The Labute approximate surface area is 99.6 Å². The normalized spacial score (nSPS) is 17.9. The van der Waals surface area contributed by atoms with Crippen LogP contribution in [0.25, 0.3) is 0 Å². The third kappa shape index (κ3) is 1.82. The van der Waals surface area contributed by atoms with E-state index in [1.807, 2.05) is 0 Å². The number of nitrogens with one attached hydrogen (secondary N) is 1. The summed E-state index contributed by atoms with van der Waals surface area (Å²) in [5, 5.41) is 7.58. The fourth-order valence-corrected chi connectivity index (χ4v) is 2.27. The number of aryl methyl sites for hydroxylation is 1. The van der Waals surface area contributed by atoms with Crippen LogP contribution in [0.3, 0.4) is 0 Å². The molecule has 0 amide bonds. The molecule has 0 radical (unpaired) electrons. The van der Waals surface area contributed by atoms with Gasteiger partial charge in [0.15, 0.2) is 0 Å². The maximum atomic E-state index is 11.6. The largest absolute Gasteiger partial charge is 0.377 e. The first-order chi connectivity index (χ1) is 7.58. The monoisotopic (exact) mass is 241 g/mol. The topological polar surface area (TPSA) is 46.9 Å². The number of hydrogen-bond acceptors (Lipinski definition) is 3. The summed E-state index contributed by atoms with van der Waals surface area (Å²) in [6.07, 6.45) is 6.17. The molecule has 1 aromatic rings. The van der Waals surface area contributed by atoms with Crippen molar-refractivity contribution < 1.29 is 0 Å². The third-order valence-corrected chi connectivity index (χ3v) is 3.83. The molecule has 1 fully saturated rings. The van der Waals surface area contributed by atoms with Crippen LogP contribution < -0.4 is 10.9 Å². The molecule has 0 aromatic carbocycles. The van der Waals surface area contributed by atoms with E-state index in [0.29, 0.717) is 5.69 Å². The van der Waals surface area contributed by atoms with Crippen LogP contribution in [0.5, 0.6) is 0 Å². The number of nitrogens with zero attached hydrogens (tertiary/aromatic N) is 2. The second-order valence-corrected chi connectivity index (χ2v) is 4.79. The van der Waals surface area contributed by atoms with Gasteiger partial charge in [-0.3, -0.25) is 4.79 Å². The first-order valence-corrected chi connectivity index (χ1v) is 5.96. The lowest BCUT2D eigenvalue weighted by atomic mass is 9.75. The van der Waals surface area contributed by atoms with Crippen LogP contribution in [-0.2, 0) is 7.05 Å². The van der Waals surface area contributed by atoms with Gasteiger partial charge in [-0.15, -0.1) is 0 Å². The SMILES string of the molecule is CCC1(Nc2cnn(C)c(=O)c2Cl)CCC1. The quantitative estimate of drug-likeness (QED) is 0.883. The van der Waals surface area contributed by atoms with Crippen LogP contribution in [0.15, 0.2) is 11.0 Å². The minimum atomic E-state index is -0.253. The standard InChI is InChI=1S/C11H16ClN3O/c1-3-11(5-4-6-11)14-8-7-13-15(2)10(16)9(8)12/h7,14H,3-6H2,1-2H3. The Morgan fingerprint density at radius 3 is 2.81 bits per heavy atom. The highest BCUT2D eigenvalue weighted by Gasteiger charge is 2.35. The van der Waals surface area contributed by atoms with E-state index in [2.05, 4.69) is 17.3 Å². The van der Waals surface area contributed by atoms with Crippen molar-refractivity contribution in [3.63, 3.8) is 0 Å². The predicted octanol–water partition coefficient (Wildman–Crippen LogP) is 2.18. The minimum Gasteiger partial charge on any atom is -0.377 e. The first-order valence-electron chi connectivity index (χ1n) is 5.58. The Kier molecular flexibility index (Phi) is 2.93. The second-order valence-electron chi connectivity index (χ2n) is 4.41. The third-order valence-electron chi connectivity index (χ3n) is 3.47. The van der Waals surface area contributed by atoms with Gasteiger partial charge < -0.3 is 5.32 Å². The van der Waals surface area contributed by atoms with Gasteiger partial charge in [0.1, 0.15) is 5.02 Å². The van der Waals surface area contributed by atoms with Gasteiger partial charge in [-0.05, 0) is 25.7 Å². The average molecular weight is 242 g/mol. The Hall–Kier alpha value is -1.03. The zero-order chi connectivity index (χ0) is 11.8. The van der Waals surface area contributed by atoms with Gasteiger partial charge in [0, 0.05) is 12.6 Å². The molecule has 88 valence electrons. The number of rotatable bonds is 3. The zero-order valence-electron chi connectivity index (χ0n) is 9.59. The van der Waals surface area contributed by atoms with E-state index in [1.165, 1.54) is 11.1 Å². The molecule has 0 aliphatic heterocycles. The van der Waals surface area contributed by atoms with E-state index in [1.54, 1.807) is 13.2 Å². The molecule has 0 spiro atoms. The van der Waals surface area contributed by atoms with Gasteiger partial charge in [-0.25, -0.2) is 4.68 Å². The first kappa shape index (κ1) is 11.5. The maximum Gasteiger partial charge on any atom is 0.287 e. The summed E-state index contributed by atoms with van der Waals surface area (Å²) in [4.78, 5) is 11.6. The van der Waals surface area contributed by atoms with Gasteiger partial charge in [0.25, 0.3) is 5.56 Å². The highest BCUT2D eigenvalue weighted by Crippen LogP contribution is 2.38. The lowest BCUT2D eigenvalue weighted by Crippen LogP contribution is -2.44. The summed E-state index contributed by atoms with van der Waals surface area (Å²) in [5.41, 5.74) is 0.529. The van der Waals surface area contributed by atoms with E-state index in [4.69, 9.17) is 11.6 Å². The summed E-state index contributed by atoms with van der Waals surface area (Å²) in [5.74, 6) is 0. The molecule has 4 nitrogen and oxygen atoms in total. The second kappa shape index (κ2) is 4.09. The van der Waals surface area contributed by atoms with Crippen molar-refractivity contribution in [2.75, 3.05) is 5.32 Å². The fourth-order valence-electron chi connectivity index (χ4n) is 2.05. The van der Waals surface area contributed by atoms with Crippen LogP contribution in [-0.4, -0.2) is 15.3 Å². The number of anilines is 1. The van der Waals surface area contributed by atoms with E-state index in [9.17, 15) is 4.79 Å². The Balaban J connectivity index is 2.28. The van der Waals surface area contributed by atoms with Crippen molar-refractivity contribution in [1.82, 2.24) is 9.78 Å². The Bertz CT molecular complexity index is 446. The summed E-state index contributed by atoms with van der Waals surface area (Å²) in [6, 6.07) is 0. The minimum absolute atomic E-state index is 0.123. The molecule has 16 heavy (non-hydrogen) atoms. The highest BCUT2D eigenvalue weighted by molar-refractivity contribution is 6.32. The number of halogens is 1. The summed E-state index contributed by atoms with van der Waals surface area (Å²) >= 11 is 6.01. The van der Waals surface area contributed by atoms with Crippen molar-refractivity contribution >= 4 is 17.3 Å². The number of hydrogen-bond donors (Lipinski definition) is 1. The average Bonchev–Trinajstić information content (AvgIpc) is 2.23. The van der Waals surface area contributed by atoms with E-state index < -0.39 is 0 Å². The van der Waals surface area contributed by atoms with Gasteiger partial charge in [-0.2, -0.15) is 5.10 Å². The molecule has 2 rings (SSSR count). The van der Waals surface area contributed by atoms with Crippen LogP contribution in [0, 0.1) is 0 Å². The Morgan fingerprint density at radius 1 is 1.62 bits per heavy atom. The van der Waals surface area contributed by atoms with E-state index >= 15 is 0 Å². The molecular formula is C11H16ClN3O. The maximum absolute atomic E-state index is 11.6. The van der Waals surface area contributed by atoms with Crippen molar-refractivity contribution in [3.05, 3.63) is 21.6 Å². The van der Waals surface area contributed by atoms with Gasteiger partial charge >= 0.3 is 0 Å². The summed E-state index contributed by atoms with van der Waals surface area (Å²) in [6.45, 7) is 2.15. The van der Waals surface area contributed by atoms with E-state index in [0.717, 1.165) is 19.3 Å². The molecule has 0 atom stereocenters. The van der Waals surface area contributed by atoms with Crippen LogP contribution in [0.4, 0.5) is 5.69 Å². The van der Waals surface area contributed by atoms with Gasteiger partial charge in [0.05, 0.1) is 11.9 Å². The molecule has 1 aliphatic carbocycles. The molecule has 5 heteroatoms. The zero-order valence-corrected chi connectivity index (χ0v) is 10.3. The Morgan fingerprint density at radius 2 is 2.31 bits per heavy atom. The predicted molar refractivity (Wildman–Crippen MR) is 65.0 cm³/mol. The van der Waals surface area contributed by atoms with Crippen LogP contribution in [0.1, 0.15) is 32.6 Å². The van der Waals surface area contributed by atoms with Crippen molar-refractivity contribution in [3.8, 4) is 0 Å². The molecule has 1 N–H and O–H groups in total. The van der Waals surface area contributed by atoms with Gasteiger partial charge in [0.2, 0.25) is 0 Å². The van der Waals surface area contributed by atoms with Crippen LogP contribution in [0.2, 0.25) is 5.02 Å². The lowest BCUT2D eigenvalue weighted by molar-refractivity contribution is 0.269. The summed E-state index contributed by atoms with van der Waals surface area (Å²) in [7, 11) is 1.59. The molecule has 0 bridgehead atoms. The van der Waals surface area contributed by atoms with Crippen molar-refractivity contribution in [2.45, 2.75) is 38.1 Å². The lowest BCUT2D eigenvalue weighted by Gasteiger charge is -2.42. The molecule has 0 saturated heterocycles. The smallest absolute Gasteiger partial charge is 0.287 e. The van der Waals surface area contributed by atoms with Crippen molar-refractivity contribution in [1.29, 1.82) is 0 Å². The molecular weight excluding hydrogens is 226 g/mol. The summed E-state index contributed by atoms with van der Waals surface area (Å²) < 4.78 is 1.24. The molecule has 1 aromatic heterocycles. The van der Waals surface area contributed by atoms with Crippen LogP contribution >= 0.6 is 11.6 Å². The molecule has 0 unspecified atom stereocenters. The number of aromatic nitrogens is 2. The molecule has 1 heterocycles. The molecule has 1 saturated carbocycles. The fraction of sp³-hybridized carbons (Fsp3) is 0.636. The highest BCUT2D eigenvalue weighted by atomic mass is 35.5. The van der Waals surface area contributed by atoms with E-state index in [-0.39, 0.29) is 16.1 Å².